The third-order valence-corrected chi connectivity index (χ3v) is 4.41. The van der Waals surface area contributed by atoms with Crippen molar-refractivity contribution in [2.45, 2.75) is 12.5 Å². The van der Waals surface area contributed by atoms with E-state index in [0.29, 0.717) is 0 Å². The number of rotatable bonds is 4. The highest BCUT2D eigenvalue weighted by molar-refractivity contribution is 5.87. The third-order valence-electron chi connectivity index (χ3n) is 4.41. The van der Waals surface area contributed by atoms with Crippen LogP contribution in [-0.4, -0.2) is 68.1 Å². The maximum absolute atomic E-state index is 12.2. The predicted octanol–water partition coefficient (Wildman–Crippen LogP) is 0.387. The summed E-state index contributed by atoms with van der Waals surface area (Å²) in [5.41, 5.74) is 2.33. The highest BCUT2D eigenvalue weighted by Crippen LogP contribution is 2.24. The summed E-state index contributed by atoms with van der Waals surface area (Å²) in [7, 11) is 2.16. The van der Waals surface area contributed by atoms with Crippen LogP contribution in [0.4, 0.5) is 5.69 Å². The van der Waals surface area contributed by atoms with E-state index in [9.17, 15) is 4.79 Å². The van der Waals surface area contributed by atoms with E-state index in [1.54, 1.807) is 0 Å². The molecule has 0 radical (unpaired) electrons. The molecule has 0 spiro atoms. The van der Waals surface area contributed by atoms with Gasteiger partial charge in [0.1, 0.15) is 6.04 Å². The molecule has 1 unspecified atom stereocenters. The van der Waals surface area contributed by atoms with Gasteiger partial charge >= 0.3 is 0 Å². The van der Waals surface area contributed by atoms with Crippen molar-refractivity contribution in [3.8, 4) is 0 Å². The quantitative estimate of drug-likeness (QED) is 0.841. The minimum Gasteiger partial charge on any atom is -0.373 e. The number of anilines is 1. The molecule has 1 aromatic rings. The van der Waals surface area contributed by atoms with E-state index >= 15 is 0 Å². The Balaban J connectivity index is 1.40. The summed E-state index contributed by atoms with van der Waals surface area (Å²) in [6, 6.07) is 8.02. The molecule has 2 aliphatic rings. The van der Waals surface area contributed by atoms with Crippen molar-refractivity contribution in [2.24, 2.45) is 0 Å². The Labute approximate surface area is 126 Å². The van der Waals surface area contributed by atoms with Gasteiger partial charge in [-0.05, 0) is 18.7 Å². The first-order chi connectivity index (χ1) is 10.2. The topological polar surface area (TPSA) is 47.6 Å². The molecule has 2 aliphatic heterocycles. The van der Waals surface area contributed by atoms with Gasteiger partial charge in [-0.3, -0.25) is 9.69 Å². The summed E-state index contributed by atoms with van der Waals surface area (Å²) in [5, 5.41) is 6.36. The standard InChI is InChI=1S/C16H24N4O/c1-19-8-10-20(11-9-19)7-6-17-16(21)15-12-13-4-2-3-5-14(13)18-15/h2-5,15,18H,6-12H2,1H3,(H,17,21). The summed E-state index contributed by atoms with van der Waals surface area (Å²) in [4.78, 5) is 17.0. The molecule has 0 aromatic heterocycles. The first-order valence-corrected chi connectivity index (χ1v) is 7.75. The maximum atomic E-state index is 12.2. The summed E-state index contributed by atoms with van der Waals surface area (Å²) in [6.45, 7) is 6.11. The van der Waals surface area contributed by atoms with Crippen LogP contribution in [0.15, 0.2) is 24.3 Å². The normalized spacial score (nSPS) is 22.6. The average molecular weight is 288 g/mol. The molecule has 1 saturated heterocycles. The summed E-state index contributed by atoms with van der Waals surface area (Å²) < 4.78 is 0. The molecule has 1 amide bonds. The zero-order valence-corrected chi connectivity index (χ0v) is 12.6. The lowest BCUT2D eigenvalue weighted by molar-refractivity contribution is -0.121. The predicted molar refractivity (Wildman–Crippen MR) is 84.5 cm³/mol. The zero-order valence-electron chi connectivity index (χ0n) is 12.6. The zero-order chi connectivity index (χ0) is 14.7. The minimum absolute atomic E-state index is 0.111. The molecule has 1 fully saturated rings. The van der Waals surface area contributed by atoms with Crippen LogP contribution in [0.25, 0.3) is 0 Å². The Bertz CT molecular complexity index is 472. The van der Waals surface area contributed by atoms with Gasteiger partial charge in [-0.1, -0.05) is 18.2 Å². The van der Waals surface area contributed by atoms with E-state index in [1.165, 1.54) is 5.56 Å². The number of nitrogens with one attached hydrogen (secondary N) is 2. The number of carbonyl (C=O) groups is 1. The smallest absolute Gasteiger partial charge is 0.242 e. The molecule has 0 saturated carbocycles. The monoisotopic (exact) mass is 288 g/mol. The van der Waals surface area contributed by atoms with E-state index in [-0.39, 0.29) is 11.9 Å². The number of likely N-dealkylation sites (N-methyl/N-ethyl adjacent to an activating group) is 1. The Morgan fingerprint density at radius 1 is 1.29 bits per heavy atom. The molecule has 2 N–H and O–H groups in total. The van der Waals surface area contributed by atoms with E-state index < -0.39 is 0 Å². The Morgan fingerprint density at radius 3 is 2.81 bits per heavy atom. The molecule has 2 heterocycles. The van der Waals surface area contributed by atoms with Crippen LogP contribution in [0.3, 0.4) is 0 Å². The van der Waals surface area contributed by atoms with Gasteiger partial charge in [-0.2, -0.15) is 0 Å². The highest BCUT2D eigenvalue weighted by Gasteiger charge is 2.26. The second-order valence-electron chi connectivity index (χ2n) is 5.99. The molecule has 3 rings (SSSR count). The molecular formula is C16H24N4O. The summed E-state index contributed by atoms with van der Waals surface area (Å²) in [5.74, 6) is 0.111. The molecule has 0 aliphatic carbocycles. The van der Waals surface area contributed by atoms with E-state index in [4.69, 9.17) is 0 Å². The van der Waals surface area contributed by atoms with E-state index in [0.717, 1.165) is 51.4 Å². The van der Waals surface area contributed by atoms with Gasteiger partial charge in [-0.25, -0.2) is 0 Å². The van der Waals surface area contributed by atoms with Crippen LogP contribution in [0, 0.1) is 0 Å². The number of hydrogen-bond acceptors (Lipinski definition) is 4. The van der Waals surface area contributed by atoms with Crippen molar-refractivity contribution < 1.29 is 4.79 Å². The van der Waals surface area contributed by atoms with Crippen molar-refractivity contribution in [1.82, 2.24) is 15.1 Å². The number of hydrogen-bond donors (Lipinski definition) is 2. The summed E-state index contributed by atoms with van der Waals surface area (Å²) in [6.07, 6.45) is 0.788. The molecular weight excluding hydrogens is 264 g/mol. The fraction of sp³-hybridized carbons (Fsp3) is 0.562. The molecule has 5 heteroatoms. The van der Waals surface area contributed by atoms with Gasteiger partial charge in [0, 0.05) is 51.4 Å². The molecule has 0 bridgehead atoms. The molecule has 5 nitrogen and oxygen atoms in total. The molecule has 114 valence electrons. The molecule has 21 heavy (non-hydrogen) atoms. The van der Waals surface area contributed by atoms with Gasteiger partial charge in [0.25, 0.3) is 0 Å². The first kappa shape index (κ1) is 14.4. The van der Waals surface area contributed by atoms with Crippen molar-refractivity contribution >= 4 is 11.6 Å². The van der Waals surface area contributed by atoms with Gasteiger partial charge in [-0.15, -0.1) is 0 Å². The van der Waals surface area contributed by atoms with Crippen molar-refractivity contribution in [3.63, 3.8) is 0 Å². The molecule has 1 aromatic carbocycles. The second-order valence-corrected chi connectivity index (χ2v) is 5.99. The number of fused-ring (bicyclic) bond motifs is 1. The van der Waals surface area contributed by atoms with Gasteiger partial charge in [0.15, 0.2) is 0 Å². The van der Waals surface area contributed by atoms with Crippen molar-refractivity contribution in [2.75, 3.05) is 51.6 Å². The number of nitrogens with zero attached hydrogens (tertiary/aromatic N) is 2. The second kappa shape index (κ2) is 6.45. The molecule has 1 atom stereocenters. The van der Waals surface area contributed by atoms with Gasteiger partial charge in [0.05, 0.1) is 0 Å². The van der Waals surface area contributed by atoms with Crippen LogP contribution >= 0.6 is 0 Å². The van der Waals surface area contributed by atoms with Crippen LogP contribution in [0.1, 0.15) is 5.56 Å². The van der Waals surface area contributed by atoms with Gasteiger partial charge < -0.3 is 15.5 Å². The largest absolute Gasteiger partial charge is 0.373 e. The maximum Gasteiger partial charge on any atom is 0.242 e. The van der Waals surface area contributed by atoms with Crippen LogP contribution in [0.2, 0.25) is 0 Å². The number of para-hydroxylation sites is 1. The van der Waals surface area contributed by atoms with E-state index in [1.807, 2.05) is 18.2 Å². The number of carbonyl (C=O) groups excluding carboxylic acids is 1. The number of benzene rings is 1. The lowest BCUT2D eigenvalue weighted by Crippen LogP contribution is -2.48. The number of amides is 1. The van der Waals surface area contributed by atoms with Crippen LogP contribution < -0.4 is 10.6 Å². The first-order valence-electron chi connectivity index (χ1n) is 7.75. The van der Waals surface area contributed by atoms with Gasteiger partial charge in [0.2, 0.25) is 5.91 Å². The highest BCUT2D eigenvalue weighted by atomic mass is 16.2. The Kier molecular flexibility index (Phi) is 4.41. The van der Waals surface area contributed by atoms with Crippen LogP contribution in [-0.2, 0) is 11.2 Å². The lowest BCUT2D eigenvalue weighted by atomic mass is 10.1. The van der Waals surface area contributed by atoms with Crippen molar-refractivity contribution in [1.29, 1.82) is 0 Å². The Morgan fingerprint density at radius 2 is 2.05 bits per heavy atom. The van der Waals surface area contributed by atoms with E-state index in [2.05, 4.69) is 33.5 Å². The number of piperazine rings is 1. The average Bonchev–Trinajstić information content (AvgIpc) is 2.93. The lowest BCUT2D eigenvalue weighted by Gasteiger charge is -2.32. The fourth-order valence-corrected chi connectivity index (χ4v) is 2.99. The van der Waals surface area contributed by atoms with Crippen LogP contribution in [0.5, 0.6) is 0 Å². The third kappa shape index (κ3) is 3.54. The fourth-order valence-electron chi connectivity index (χ4n) is 2.99. The SMILES string of the molecule is CN1CCN(CCNC(=O)C2Cc3ccccc3N2)CC1. The Hall–Kier alpha value is -1.59. The van der Waals surface area contributed by atoms with Crippen molar-refractivity contribution in [3.05, 3.63) is 29.8 Å². The summed E-state index contributed by atoms with van der Waals surface area (Å²) >= 11 is 0. The minimum atomic E-state index is -0.116.